The minimum Gasteiger partial charge on any atom is -0.260 e. The van der Waals surface area contributed by atoms with Crippen molar-refractivity contribution in [3.05, 3.63) is 24.0 Å². The van der Waals surface area contributed by atoms with Crippen LogP contribution in [0, 0.1) is 0 Å². The molecule has 0 amide bonds. The van der Waals surface area contributed by atoms with Gasteiger partial charge in [-0.15, -0.1) is 11.8 Å². The molecule has 2 rings (SSSR count). The van der Waals surface area contributed by atoms with Crippen LogP contribution in [0.25, 0.3) is 0 Å². The summed E-state index contributed by atoms with van der Waals surface area (Å²) in [5.41, 5.74) is 1.30. The van der Waals surface area contributed by atoms with Gasteiger partial charge >= 0.3 is 0 Å². The van der Waals surface area contributed by atoms with Gasteiger partial charge in [0.2, 0.25) is 0 Å². The van der Waals surface area contributed by atoms with E-state index in [2.05, 4.69) is 18.0 Å². The zero-order valence-corrected chi connectivity index (χ0v) is 7.40. The van der Waals surface area contributed by atoms with Crippen LogP contribution >= 0.6 is 11.8 Å². The first-order valence-electron chi connectivity index (χ1n) is 3.95. The number of hydrogen-bond acceptors (Lipinski definition) is 2. The van der Waals surface area contributed by atoms with E-state index in [9.17, 15) is 0 Å². The number of rotatable bonds is 0. The predicted molar refractivity (Wildman–Crippen MR) is 48.0 cm³/mol. The van der Waals surface area contributed by atoms with Crippen LogP contribution in [0.3, 0.4) is 0 Å². The molecule has 0 saturated carbocycles. The van der Waals surface area contributed by atoms with Crippen molar-refractivity contribution in [2.75, 3.05) is 5.75 Å². The van der Waals surface area contributed by atoms with Crippen LogP contribution in [0.5, 0.6) is 0 Å². The van der Waals surface area contributed by atoms with Crippen LogP contribution in [0.1, 0.15) is 25.0 Å². The quantitative estimate of drug-likeness (QED) is 0.586. The van der Waals surface area contributed by atoms with Crippen molar-refractivity contribution in [2.45, 2.75) is 24.2 Å². The van der Waals surface area contributed by atoms with E-state index in [1.165, 1.54) is 22.8 Å². The second-order valence-electron chi connectivity index (χ2n) is 2.92. The van der Waals surface area contributed by atoms with Gasteiger partial charge in [-0.05, 0) is 24.3 Å². The van der Waals surface area contributed by atoms with Gasteiger partial charge < -0.3 is 0 Å². The van der Waals surface area contributed by atoms with E-state index in [0.717, 1.165) is 0 Å². The fraction of sp³-hybridized carbons (Fsp3) is 0.444. The van der Waals surface area contributed by atoms with E-state index in [1.807, 2.05) is 24.0 Å². The van der Waals surface area contributed by atoms with E-state index < -0.39 is 0 Å². The van der Waals surface area contributed by atoms with E-state index >= 15 is 0 Å². The average Bonchev–Trinajstić information content (AvgIpc) is 2.06. The number of pyridine rings is 1. The Kier molecular flexibility index (Phi) is 1.86. The van der Waals surface area contributed by atoms with Gasteiger partial charge in [0.05, 0.1) is 5.69 Å². The summed E-state index contributed by atoms with van der Waals surface area (Å²) in [7, 11) is 0. The number of aromatic nitrogens is 1. The molecule has 0 fully saturated rings. The molecule has 1 aromatic rings. The number of fused-ring (bicyclic) bond motifs is 1. The molecule has 11 heavy (non-hydrogen) atoms. The largest absolute Gasteiger partial charge is 0.260 e. The van der Waals surface area contributed by atoms with Crippen molar-refractivity contribution in [3.63, 3.8) is 0 Å². The molecule has 0 aliphatic carbocycles. The fourth-order valence-corrected chi connectivity index (χ4v) is 2.65. The van der Waals surface area contributed by atoms with Gasteiger partial charge in [0.25, 0.3) is 0 Å². The molecular weight excluding hydrogens is 154 g/mol. The minimum absolute atomic E-state index is 0.660. The Labute approximate surface area is 71.2 Å². The normalized spacial score (nSPS) is 22.8. The van der Waals surface area contributed by atoms with Crippen LogP contribution < -0.4 is 0 Å². The molecule has 1 unspecified atom stereocenters. The van der Waals surface area contributed by atoms with Crippen molar-refractivity contribution in [1.29, 1.82) is 0 Å². The summed E-state index contributed by atoms with van der Waals surface area (Å²) in [6.45, 7) is 2.26. The fourth-order valence-electron chi connectivity index (χ4n) is 1.38. The summed E-state index contributed by atoms with van der Waals surface area (Å²) in [5, 5.41) is 0. The van der Waals surface area contributed by atoms with Crippen molar-refractivity contribution >= 4 is 11.8 Å². The molecule has 1 aromatic heterocycles. The van der Waals surface area contributed by atoms with E-state index in [1.54, 1.807) is 0 Å². The summed E-state index contributed by atoms with van der Waals surface area (Å²) < 4.78 is 0. The van der Waals surface area contributed by atoms with Crippen molar-refractivity contribution in [1.82, 2.24) is 4.98 Å². The number of nitrogens with zero attached hydrogens (tertiary/aromatic N) is 1. The van der Waals surface area contributed by atoms with E-state index in [0.29, 0.717) is 5.92 Å². The maximum absolute atomic E-state index is 4.38. The van der Waals surface area contributed by atoms with Gasteiger partial charge in [-0.1, -0.05) is 6.92 Å². The highest BCUT2D eigenvalue weighted by atomic mass is 32.2. The third-order valence-corrected chi connectivity index (χ3v) is 3.17. The monoisotopic (exact) mass is 165 g/mol. The highest BCUT2D eigenvalue weighted by Gasteiger charge is 2.16. The van der Waals surface area contributed by atoms with Gasteiger partial charge in [0.1, 0.15) is 0 Å². The molecule has 1 aliphatic rings. The molecule has 0 saturated heterocycles. The first-order valence-corrected chi connectivity index (χ1v) is 4.94. The highest BCUT2D eigenvalue weighted by Crippen LogP contribution is 2.34. The standard InChI is InChI=1S/C9H11NS/c1-7-4-6-11-8-3-2-5-10-9(7)8/h2-3,5,7H,4,6H2,1H3. The summed E-state index contributed by atoms with van der Waals surface area (Å²) in [5.74, 6) is 1.91. The van der Waals surface area contributed by atoms with Gasteiger partial charge in [-0.25, -0.2) is 0 Å². The van der Waals surface area contributed by atoms with Crippen LogP contribution in [0.15, 0.2) is 23.2 Å². The van der Waals surface area contributed by atoms with Gasteiger partial charge in [0, 0.05) is 17.0 Å². The molecule has 0 radical (unpaired) electrons. The lowest BCUT2D eigenvalue weighted by Gasteiger charge is -2.19. The third-order valence-electron chi connectivity index (χ3n) is 2.07. The third kappa shape index (κ3) is 1.27. The van der Waals surface area contributed by atoms with Gasteiger partial charge in [-0.3, -0.25) is 4.98 Å². The van der Waals surface area contributed by atoms with Crippen LogP contribution in [-0.2, 0) is 0 Å². The number of thioether (sulfide) groups is 1. The summed E-state index contributed by atoms with van der Waals surface area (Å²) >= 11 is 1.93. The molecular formula is C9H11NS. The van der Waals surface area contributed by atoms with Crippen LogP contribution in [-0.4, -0.2) is 10.7 Å². The summed E-state index contributed by atoms with van der Waals surface area (Å²) in [6, 6.07) is 4.19. The van der Waals surface area contributed by atoms with Crippen molar-refractivity contribution in [2.24, 2.45) is 0 Å². The maximum atomic E-state index is 4.38. The molecule has 0 N–H and O–H groups in total. The predicted octanol–water partition coefficient (Wildman–Crippen LogP) is 2.68. The minimum atomic E-state index is 0.660. The Morgan fingerprint density at radius 3 is 3.36 bits per heavy atom. The zero-order chi connectivity index (χ0) is 7.68. The second-order valence-corrected chi connectivity index (χ2v) is 4.06. The van der Waals surface area contributed by atoms with Gasteiger partial charge in [0.15, 0.2) is 0 Å². The second kappa shape index (κ2) is 2.86. The lowest BCUT2D eigenvalue weighted by atomic mass is 10.0. The Hall–Kier alpha value is -0.500. The molecule has 1 nitrogen and oxygen atoms in total. The maximum Gasteiger partial charge on any atom is 0.0567 e. The Morgan fingerprint density at radius 1 is 1.64 bits per heavy atom. The molecule has 1 aliphatic heterocycles. The van der Waals surface area contributed by atoms with Gasteiger partial charge in [-0.2, -0.15) is 0 Å². The average molecular weight is 165 g/mol. The first kappa shape index (κ1) is 7.17. The molecule has 0 aromatic carbocycles. The Morgan fingerprint density at radius 2 is 2.55 bits per heavy atom. The highest BCUT2D eigenvalue weighted by molar-refractivity contribution is 7.99. The smallest absolute Gasteiger partial charge is 0.0567 e. The topological polar surface area (TPSA) is 12.9 Å². The van der Waals surface area contributed by atoms with Crippen LogP contribution in [0.2, 0.25) is 0 Å². The molecule has 0 bridgehead atoms. The Balaban J connectivity index is 2.44. The Bertz CT molecular complexity index is 259. The molecule has 2 heteroatoms. The van der Waals surface area contributed by atoms with Crippen molar-refractivity contribution < 1.29 is 0 Å². The zero-order valence-electron chi connectivity index (χ0n) is 6.58. The lowest BCUT2D eigenvalue weighted by Crippen LogP contribution is -2.05. The number of hydrogen-bond donors (Lipinski definition) is 0. The lowest BCUT2D eigenvalue weighted by molar-refractivity contribution is 0.684. The van der Waals surface area contributed by atoms with Crippen molar-refractivity contribution in [3.8, 4) is 0 Å². The first-order chi connectivity index (χ1) is 5.38. The van der Waals surface area contributed by atoms with Crippen LogP contribution in [0.4, 0.5) is 0 Å². The molecule has 1 atom stereocenters. The SMILES string of the molecule is CC1CCSc2cccnc21. The summed E-state index contributed by atoms with van der Waals surface area (Å²) in [6.07, 6.45) is 3.16. The van der Waals surface area contributed by atoms with E-state index in [-0.39, 0.29) is 0 Å². The molecule has 0 spiro atoms. The molecule has 58 valence electrons. The van der Waals surface area contributed by atoms with E-state index in [4.69, 9.17) is 0 Å². The summed E-state index contributed by atoms with van der Waals surface area (Å²) in [4.78, 5) is 5.76. The molecule has 2 heterocycles.